The summed E-state index contributed by atoms with van der Waals surface area (Å²) < 4.78 is 5.77. The number of ether oxygens (including phenoxy) is 1. The van der Waals surface area contributed by atoms with E-state index in [2.05, 4.69) is 20.6 Å². The molecule has 5 nitrogen and oxygen atoms in total. The van der Waals surface area contributed by atoms with Gasteiger partial charge in [0.2, 0.25) is 0 Å². The Labute approximate surface area is 148 Å². The molecule has 0 aliphatic carbocycles. The predicted octanol–water partition coefficient (Wildman–Crippen LogP) is 3.18. The molecule has 1 aromatic carbocycles. The monoisotopic (exact) mass is 346 g/mol. The van der Waals surface area contributed by atoms with Crippen molar-refractivity contribution in [1.29, 1.82) is 0 Å². The first-order chi connectivity index (χ1) is 11.7. The standard InChI is InChI=1S/C18H23ClN4O/c1-14-12-15(19)7-8-17(14)24-11-5-10-22-18(20-2)23-13-16-6-3-4-9-21-16/h3-4,6-9,12H,5,10-11,13H2,1-2H3,(H2,20,22,23). The minimum absolute atomic E-state index is 0.632. The molecule has 2 rings (SSSR count). The minimum atomic E-state index is 0.632. The van der Waals surface area contributed by atoms with Gasteiger partial charge in [-0.1, -0.05) is 17.7 Å². The van der Waals surface area contributed by atoms with Crippen molar-refractivity contribution >= 4 is 17.6 Å². The van der Waals surface area contributed by atoms with Crippen LogP contribution in [0.3, 0.4) is 0 Å². The third kappa shape index (κ3) is 6.08. The molecule has 1 aromatic heterocycles. The fourth-order valence-corrected chi connectivity index (χ4v) is 2.36. The van der Waals surface area contributed by atoms with Crippen molar-refractivity contribution in [1.82, 2.24) is 15.6 Å². The van der Waals surface area contributed by atoms with Gasteiger partial charge in [-0.15, -0.1) is 0 Å². The molecule has 0 spiro atoms. The van der Waals surface area contributed by atoms with E-state index in [-0.39, 0.29) is 0 Å². The topological polar surface area (TPSA) is 58.5 Å². The molecule has 0 bridgehead atoms. The van der Waals surface area contributed by atoms with Crippen molar-refractivity contribution in [3.8, 4) is 5.75 Å². The van der Waals surface area contributed by atoms with E-state index in [9.17, 15) is 0 Å². The Morgan fingerprint density at radius 1 is 1.25 bits per heavy atom. The van der Waals surface area contributed by atoms with Crippen LogP contribution in [-0.4, -0.2) is 31.1 Å². The van der Waals surface area contributed by atoms with E-state index in [0.717, 1.165) is 41.0 Å². The molecular formula is C18H23ClN4O. The summed E-state index contributed by atoms with van der Waals surface area (Å²) in [7, 11) is 1.75. The zero-order chi connectivity index (χ0) is 17.2. The van der Waals surface area contributed by atoms with Gasteiger partial charge >= 0.3 is 0 Å². The number of nitrogens with zero attached hydrogens (tertiary/aromatic N) is 2. The van der Waals surface area contributed by atoms with Gasteiger partial charge in [0.25, 0.3) is 0 Å². The second kappa shape index (κ2) is 9.78. The maximum atomic E-state index is 5.94. The van der Waals surface area contributed by atoms with E-state index in [0.29, 0.717) is 13.2 Å². The highest BCUT2D eigenvalue weighted by Crippen LogP contribution is 2.21. The fourth-order valence-electron chi connectivity index (χ4n) is 2.13. The molecule has 0 saturated heterocycles. The molecule has 0 amide bonds. The largest absolute Gasteiger partial charge is 0.493 e. The molecule has 0 aliphatic heterocycles. The third-order valence-corrected chi connectivity index (χ3v) is 3.63. The Bertz CT molecular complexity index is 661. The Hall–Kier alpha value is -2.27. The first kappa shape index (κ1) is 18.1. The lowest BCUT2D eigenvalue weighted by Gasteiger charge is -2.12. The van der Waals surface area contributed by atoms with Crippen molar-refractivity contribution in [2.45, 2.75) is 19.9 Å². The van der Waals surface area contributed by atoms with E-state index < -0.39 is 0 Å². The highest BCUT2D eigenvalue weighted by Gasteiger charge is 2.01. The number of nitrogens with one attached hydrogen (secondary N) is 2. The van der Waals surface area contributed by atoms with Gasteiger partial charge in [-0.25, -0.2) is 0 Å². The Morgan fingerprint density at radius 2 is 2.12 bits per heavy atom. The Morgan fingerprint density at radius 3 is 2.83 bits per heavy atom. The number of benzene rings is 1. The molecule has 128 valence electrons. The number of aromatic nitrogens is 1. The number of aryl methyl sites for hydroxylation is 1. The summed E-state index contributed by atoms with van der Waals surface area (Å²) in [6.07, 6.45) is 2.65. The van der Waals surface area contributed by atoms with Gasteiger partial charge < -0.3 is 15.4 Å². The van der Waals surface area contributed by atoms with E-state index in [1.165, 1.54) is 0 Å². The van der Waals surface area contributed by atoms with Crippen LogP contribution in [0.5, 0.6) is 5.75 Å². The third-order valence-electron chi connectivity index (χ3n) is 3.39. The lowest BCUT2D eigenvalue weighted by atomic mass is 10.2. The van der Waals surface area contributed by atoms with Crippen LogP contribution in [0.25, 0.3) is 0 Å². The molecule has 6 heteroatoms. The summed E-state index contributed by atoms with van der Waals surface area (Å²) in [6.45, 7) is 4.03. The molecule has 0 unspecified atom stereocenters. The first-order valence-electron chi connectivity index (χ1n) is 7.92. The summed E-state index contributed by atoms with van der Waals surface area (Å²) in [5.41, 5.74) is 2.02. The number of halogens is 1. The van der Waals surface area contributed by atoms with E-state index in [1.807, 2.05) is 43.3 Å². The summed E-state index contributed by atoms with van der Waals surface area (Å²) in [5.74, 6) is 1.63. The van der Waals surface area contributed by atoms with Crippen LogP contribution in [0.2, 0.25) is 5.02 Å². The smallest absolute Gasteiger partial charge is 0.191 e. The summed E-state index contributed by atoms with van der Waals surface area (Å²) in [4.78, 5) is 8.46. The molecule has 24 heavy (non-hydrogen) atoms. The van der Waals surface area contributed by atoms with Crippen LogP contribution < -0.4 is 15.4 Å². The highest BCUT2D eigenvalue weighted by atomic mass is 35.5. The molecular weight excluding hydrogens is 324 g/mol. The van der Waals surface area contributed by atoms with Crippen molar-refractivity contribution in [3.63, 3.8) is 0 Å². The van der Waals surface area contributed by atoms with Crippen molar-refractivity contribution in [2.75, 3.05) is 20.2 Å². The van der Waals surface area contributed by atoms with Crippen molar-refractivity contribution in [3.05, 3.63) is 58.9 Å². The van der Waals surface area contributed by atoms with Gasteiger partial charge in [-0.05, 0) is 49.2 Å². The molecule has 0 aliphatic rings. The maximum Gasteiger partial charge on any atom is 0.191 e. The second-order valence-corrected chi connectivity index (χ2v) is 5.72. The SMILES string of the molecule is CN=C(NCCCOc1ccc(Cl)cc1C)NCc1ccccn1. The molecule has 2 aromatic rings. The number of hydrogen-bond acceptors (Lipinski definition) is 3. The van der Waals surface area contributed by atoms with Gasteiger partial charge in [-0.3, -0.25) is 9.98 Å². The first-order valence-corrected chi connectivity index (χ1v) is 8.30. The Kier molecular flexibility index (Phi) is 7.36. The van der Waals surface area contributed by atoms with Crippen LogP contribution in [0.1, 0.15) is 17.7 Å². The average Bonchev–Trinajstić information content (AvgIpc) is 2.60. The van der Waals surface area contributed by atoms with Crippen molar-refractivity contribution < 1.29 is 4.74 Å². The summed E-state index contributed by atoms with van der Waals surface area (Å²) in [6, 6.07) is 11.5. The highest BCUT2D eigenvalue weighted by molar-refractivity contribution is 6.30. The van der Waals surface area contributed by atoms with E-state index in [4.69, 9.17) is 16.3 Å². The molecule has 0 radical (unpaired) electrons. The number of guanidine groups is 1. The number of hydrogen-bond donors (Lipinski definition) is 2. The van der Waals surface area contributed by atoms with Crippen LogP contribution in [-0.2, 0) is 6.54 Å². The van der Waals surface area contributed by atoms with E-state index >= 15 is 0 Å². The zero-order valence-corrected chi connectivity index (χ0v) is 14.8. The average molecular weight is 347 g/mol. The minimum Gasteiger partial charge on any atom is -0.493 e. The lowest BCUT2D eigenvalue weighted by molar-refractivity contribution is 0.309. The van der Waals surface area contributed by atoms with E-state index in [1.54, 1.807) is 13.2 Å². The molecule has 0 saturated carbocycles. The Balaban J connectivity index is 1.65. The predicted molar refractivity (Wildman–Crippen MR) is 98.7 cm³/mol. The second-order valence-electron chi connectivity index (χ2n) is 5.29. The van der Waals surface area contributed by atoms with Crippen LogP contribution in [0, 0.1) is 6.92 Å². The van der Waals surface area contributed by atoms with Crippen LogP contribution in [0.4, 0.5) is 0 Å². The summed E-state index contributed by atoms with van der Waals surface area (Å²) >= 11 is 5.94. The number of aliphatic imine (C=N–C) groups is 1. The fraction of sp³-hybridized carbons (Fsp3) is 0.333. The molecule has 0 fully saturated rings. The zero-order valence-electron chi connectivity index (χ0n) is 14.1. The van der Waals surface area contributed by atoms with Gasteiger partial charge in [0.15, 0.2) is 5.96 Å². The molecule has 2 N–H and O–H groups in total. The maximum absolute atomic E-state index is 5.94. The van der Waals surface area contributed by atoms with Gasteiger partial charge in [0, 0.05) is 24.8 Å². The number of rotatable bonds is 7. The van der Waals surface area contributed by atoms with Gasteiger partial charge in [0.1, 0.15) is 5.75 Å². The van der Waals surface area contributed by atoms with Crippen LogP contribution in [0.15, 0.2) is 47.6 Å². The lowest BCUT2D eigenvalue weighted by Crippen LogP contribution is -2.37. The van der Waals surface area contributed by atoms with Gasteiger partial charge in [-0.2, -0.15) is 0 Å². The van der Waals surface area contributed by atoms with Crippen LogP contribution >= 0.6 is 11.6 Å². The molecule has 1 heterocycles. The molecule has 0 atom stereocenters. The quantitative estimate of drug-likeness (QED) is 0.459. The summed E-state index contributed by atoms with van der Waals surface area (Å²) in [5, 5.41) is 7.22. The normalized spacial score (nSPS) is 11.2. The number of pyridine rings is 1. The van der Waals surface area contributed by atoms with Gasteiger partial charge in [0.05, 0.1) is 18.8 Å². The van der Waals surface area contributed by atoms with Crippen molar-refractivity contribution in [2.24, 2.45) is 4.99 Å².